The van der Waals surface area contributed by atoms with E-state index in [0.717, 1.165) is 5.56 Å². The molecule has 0 spiro atoms. The van der Waals surface area contributed by atoms with Crippen molar-refractivity contribution in [1.82, 2.24) is 5.43 Å². The van der Waals surface area contributed by atoms with E-state index in [9.17, 15) is 8.78 Å². The van der Waals surface area contributed by atoms with Crippen molar-refractivity contribution in [2.75, 3.05) is 0 Å². The summed E-state index contributed by atoms with van der Waals surface area (Å²) >= 11 is 3.23. The van der Waals surface area contributed by atoms with E-state index in [1.165, 1.54) is 24.3 Å². The van der Waals surface area contributed by atoms with E-state index < -0.39 is 6.04 Å². The third-order valence-electron chi connectivity index (χ3n) is 2.59. The largest absolute Gasteiger partial charge is 0.271 e. The smallest absolute Gasteiger partial charge is 0.124 e. The van der Waals surface area contributed by atoms with Crippen LogP contribution in [0.15, 0.2) is 46.9 Å². The first-order valence-corrected chi connectivity index (χ1v) is 6.07. The van der Waals surface area contributed by atoms with E-state index in [1.807, 2.05) is 0 Å². The summed E-state index contributed by atoms with van der Waals surface area (Å²) in [5.74, 6) is 4.81. The fraction of sp³-hybridized carbons (Fsp3) is 0.0769. The Morgan fingerprint density at radius 2 is 1.61 bits per heavy atom. The molecule has 5 heteroatoms. The number of rotatable bonds is 3. The number of benzene rings is 2. The third kappa shape index (κ3) is 2.93. The Kier molecular flexibility index (Phi) is 4.06. The van der Waals surface area contributed by atoms with Gasteiger partial charge in [0.05, 0.1) is 6.04 Å². The summed E-state index contributed by atoms with van der Waals surface area (Å²) in [6.45, 7) is 0. The zero-order valence-corrected chi connectivity index (χ0v) is 10.9. The van der Waals surface area contributed by atoms with Gasteiger partial charge in [-0.05, 0) is 41.5 Å². The maximum Gasteiger partial charge on any atom is 0.124 e. The summed E-state index contributed by atoms with van der Waals surface area (Å²) < 4.78 is 26.8. The van der Waals surface area contributed by atoms with Gasteiger partial charge in [0.25, 0.3) is 0 Å². The zero-order valence-electron chi connectivity index (χ0n) is 9.33. The minimum Gasteiger partial charge on any atom is -0.271 e. The molecule has 0 radical (unpaired) electrons. The first-order chi connectivity index (χ1) is 8.60. The summed E-state index contributed by atoms with van der Waals surface area (Å²) in [7, 11) is 0. The minimum absolute atomic E-state index is 0.324. The van der Waals surface area contributed by atoms with Crippen LogP contribution in [0.4, 0.5) is 8.78 Å². The number of hydrogen-bond acceptors (Lipinski definition) is 2. The van der Waals surface area contributed by atoms with Crippen LogP contribution in [0.25, 0.3) is 0 Å². The van der Waals surface area contributed by atoms with Crippen molar-refractivity contribution in [2.45, 2.75) is 6.04 Å². The molecule has 0 bridgehead atoms. The Hall–Kier alpha value is -1.30. The van der Waals surface area contributed by atoms with Crippen molar-refractivity contribution in [1.29, 1.82) is 0 Å². The molecule has 0 fully saturated rings. The van der Waals surface area contributed by atoms with E-state index >= 15 is 0 Å². The number of nitrogens with two attached hydrogens (primary N) is 1. The van der Waals surface area contributed by atoms with Gasteiger partial charge in [-0.25, -0.2) is 14.2 Å². The van der Waals surface area contributed by atoms with E-state index in [0.29, 0.717) is 10.0 Å². The standard InChI is InChI=1S/C13H11BrF2N2/c14-10-5-9(6-12(16)7-10)13(18-17)8-1-3-11(15)4-2-8/h1-7,13,18H,17H2. The Balaban J connectivity index is 2.41. The predicted octanol–water partition coefficient (Wildman–Crippen LogP) is 3.28. The molecule has 0 saturated carbocycles. The number of hydrazine groups is 1. The number of halogens is 3. The summed E-state index contributed by atoms with van der Waals surface area (Å²) in [4.78, 5) is 0. The van der Waals surface area contributed by atoms with E-state index in [4.69, 9.17) is 5.84 Å². The third-order valence-corrected chi connectivity index (χ3v) is 3.05. The lowest BCUT2D eigenvalue weighted by atomic mass is 9.99. The molecule has 0 aromatic heterocycles. The zero-order chi connectivity index (χ0) is 13.1. The van der Waals surface area contributed by atoms with E-state index in [-0.39, 0.29) is 11.6 Å². The van der Waals surface area contributed by atoms with Crippen LogP contribution in [0.2, 0.25) is 0 Å². The average molecular weight is 313 g/mol. The molecule has 94 valence electrons. The normalized spacial score (nSPS) is 12.4. The molecular formula is C13H11BrF2N2. The molecule has 1 unspecified atom stereocenters. The van der Waals surface area contributed by atoms with Crippen LogP contribution in [0.5, 0.6) is 0 Å². The second-order valence-electron chi connectivity index (χ2n) is 3.85. The first-order valence-electron chi connectivity index (χ1n) is 5.28. The Labute approximate surface area is 112 Å². The Morgan fingerprint density at radius 3 is 2.17 bits per heavy atom. The molecule has 0 aliphatic carbocycles. The average Bonchev–Trinajstić information content (AvgIpc) is 2.31. The molecule has 0 aliphatic heterocycles. The van der Waals surface area contributed by atoms with Crippen LogP contribution in [-0.2, 0) is 0 Å². The van der Waals surface area contributed by atoms with Crippen molar-refractivity contribution in [3.63, 3.8) is 0 Å². The van der Waals surface area contributed by atoms with Gasteiger partial charge < -0.3 is 0 Å². The summed E-state index contributed by atoms with van der Waals surface area (Å²) in [6, 6.07) is 10.0. The highest BCUT2D eigenvalue weighted by Gasteiger charge is 2.14. The highest BCUT2D eigenvalue weighted by Crippen LogP contribution is 2.25. The second-order valence-corrected chi connectivity index (χ2v) is 4.77. The van der Waals surface area contributed by atoms with E-state index in [2.05, 4.69) is 21.4 Å². The highest BCUT2D eigenvalue weighted by atomic mass is 79.9. The van der Waals surface area contributed by atoms with Crippen LogP contribution >= 0.6 is 15.9 Å². The van der Waals surface area contributed by atoms with E-state index in [1.54, 1.807) is 18.2 Å². The van der Waals surface area contributed by atoms with Crippen LogP contribution < -0.4 is 11.3 Å². The molecule has 1 atom stereocenters. The van der Waals surface area contributed by atoms with Gasteiger partial charge in [0, 0.05) is 4.47 Å². The van der Waals surface area contributed by atoms with Crippen molar-refractivity contribution in [2.24, 2.45) is 5.84 Å². The van der Waals surface area contributed by atoms with Gasteiger partial charge in [0.15, 0.2) is 0 Å². The number of hydrogen-bond donors (Lipinski definition) is 2. The maximum absolute atomic E-state index is 13.3. The van der Waals surface area contributed by atoms with Gasteiger partial charge in [-0.15, -0.1) is 0 Å². The Morgan fingerprint density at radius 1 is 0.944 bits per heavy atom. The quantitative estimate of drug-likeness (QED) is 0.674. The lowest BCUT2D eigenvalue weighted by molar-refractivity contribution is 0.600. The molecule has 0 saturated heterocycles. The molecule has 0 aliphatic rings. The van der Waals surface area contributed by atoms with Gasteiger partial charge in [-0.1, -0.05) is 28.1 Å². The Bertz CT molecular complexity index is 523. The van der Waals surface area contributed by atoms with Crippen molar-refractivity contribution in [3.05, 3.63) is 69.7 Å². The summed E-state index contributed by atoms with van der Waals surface area (Å²) in [5, 5.41) is 0. The van der Waals surface area contributed by atoms with Gasteiger partial charge >= 0.3 is 0 Å². The van der Waals surface area contributed by atoms with Gasteiger partial charge in [-0.3, -0.25) is 5.84 Å². The van der Waals surface area contributed by atoms with Gasteiger partial charge in [0.2, 0.25) is 0 Å². The molecule has 2 aromatic carbocycles. The lowest BCUT2D eigenvalue weighted by Gasteiger charge is -2.17. The fourth-order valence-electron chi connectivity index (χ4n) is 1.78. The lowest BCUT2D eigenvalue weighted by Crippen LogP contribution is -2.28. The van der Waals surface area contributed by atoms with Crippen LogP contribution in [0, 0.1) is 11.6 Å². The molecule has 2 nitrogen and oxygen atoms in total. The molecule has 0 amide bonds. The monoisotopic (exact) mass is 312 g/mol. The summed E-state index contributed by atoms with van der Waals surface area (Å²) in [5.41, 5.74) is 4.02. The van der Waals surface area contributed by atoms with Crippen LogP contribution in [0.1, 0.15) is 17.2 Å². The highest BCUT2D eigenvalue weighted by molar-refractivity contribution is 9.10. The fourth-order valence-corrected chi connectivity index (χ4v) is 2.26. The first kappa shape index (κ1) is 13.1. The van der Waals surface area contributed by atoms with Gasteiger partial charge in [-0.2, -0.15) is 0 Å². The summed E-state index contributed by atoms with van der Waals surface area (Å²) in [6.07, 6.45) is 0. The van der Waals surface area contributed by atoms with Gasteiger partial charge in [0.1, 0.15) is 11.6 Å². The molecular weight excluding hydrogens is 302 g/mol. The maximum atomic E-state index is 13.3. The topological polar surface area (TPSA) is 38.0 Å². The van der Waals surface area contributed by atoms with Crippen molar-refractivity contribution in [3.8, 4) is 0 Å². The molecule has 18 heavy (non-hydrogen) atoms. The second kappa shape index (κ2) is 5.56. The molecule has 2 rings (SSSR count). The van der Waals surface area contributed by atoms with Crippen molar-refractivity contribution < 1.29 is 8.78 Å². The SMILES string of the molecule is NNC(c1ccc(F)cc1)c1cc(F)cc(Br)c1. The van der Waals surface area contributed by atoms with Crippen molar-refractivity contribution >= 4 is 15.9 Å². The molecule has 2 aromatic rings. The van der Waals surface area contributed by atoms with Crippen LogP contribution in [-0.4, -0.2) is 0 Å². The minimum atomic E-state index is -0.391. The predicted molar refractivity (Wildman–Crippen MR) is 69.7 cm³/mol. The number of nitrogens with one attached hydrogen (secondary N) is 1. The molecule has 0 heterocycles. The van der Waals surface area contributed by atoms with Crippen LogP contribution in [0.3, 0.4) is 0 Å². The molecule has 3 N–H and O–H groups in total.